The second-order valence-corrected chi connectivity index (χ2v) is 10.0. The SMILES string of the molecule is COc1ccc(/C(O)=C2/C(=O)C(=O)N(c3cc(C)ccc3C)C2c2ccccc2)cc1C(C)(C)C. The van der Waals surface area contributed by atoms with Crippen molar-refractivity contribution in [3.05, 3.63) is 100 Å². The first-order valence-corrected chi connectivity index (χ1v) is 11.7. The molecule has 1 N–H and O–H groups in total. The lowest BCUT2D eigenvalue weighted by molar-refractivity contribution is -0.132. The quantitative estimate of drug-likeness (QED) is 0.279. The third kappa shape index (κ3) is 4.34. The standard InChI is InChI=1S/C30H31NO4/c1-18-12-13-19(2)23(16-18)31-26(20-10-8-7-9-11-20)25(28(33)29(31)34)27(32)21-14-15-24(35-6)22(17-21)30(3,4)5/h7-17,26,32H,1-6H3/b27-25-. The van der Waals surface area contributed by atoms with Gasteiger partial charge in [0.1, 0.15) is 11.5 Å². The van der Waals surface area contributed by atoms with E-state index in [1.54, 1.807) is 19.2 Å². The number of methoxy groups -OCH3 is 1. The van der Waals surface area contributed by atoms with Gasteiger partial charge in [-0.2, -0.15) is 0 Å². The summed E-state index contributed by atoms with van der Waals surface area (Å²) in [6.45, 7) is 10.0. The Kier molecular flexibility index (Phi) is 6.28. The second kappa shape index (κ2) is 9.06. The van der Waals surface area contributed by atoms with Gasteiger partial charge >= 0.3 is 0 Å². The number of hydrogen-bond acceptors (Lipinski definition) is 4. The molecule has 0 radical (unpaired) electrons. The van der Waals surface area contributed by atoms with E-state index in [0.29, 0.717) is 17.0 Å². The summed E-state index contributed by atoms with van der Waals surface area (Å²) in [4.78, 5) is 28.4. The zero-order valence-corrected chi connectivity index (χ0v) is 21.0. The van der Waals surface area contributed by atoms with Gasteiger partial charge in [-0.05, 0) is 60.2 Å². The van der Waals surface area contributed by atoms with E-state index in [9.17, 15) is 14.7 Å². The lowest BCUT2D eigenvalue weighted by Gasteiger charge is -2.27. The largest absolute Gasteiger partial charge is 0.507 e. The second-order valence-electron chi connectivity index (χ2n) is 10.0. The molecule has 3 aromatic carbocycles. The first-order chi connectivity index (χ1) is 16.5. The lowest BCUT2D eigenvalue weighted by atomic mass is 9.84. The summed E-state index contributed by atoms with van der Waals surface area (Å²) in [5.74, 6) is -0.855. The molecule has 1 amide bonds. The summed E-state index contributed by atoms with van der Waals surface area (Å²) in [5.41, 5.74) is 4.43. The minimum Gasteiger partial charge on any atom is -0.507 e. The Morgan fingerprint density at radius 1 is 0.943 bits per heavy atom. The highest BCUT2D eigenvalue weighted by atomic mass is 16.5. The number of benzene rings is 3. The first kappa shape index (κ1) is 24.3. The molecule has 5 nitrogen and oxygen atoms in total. The summed E-state index contributed by atoms with van der Waals surface area (Å²) in [5, 5.41) is 11.5. The Morgan fingerprint density at radius 3 is 2.26 bits per heavy atom. The summed E-state index contributed by atoms with van der Waals surface area (Å²) in [6, 6.07) is 19.8. The molecule has 1 fully saturated rings. The van der Waals surface area contributed by atoms with Crippen molar-refractivity contribution < 1.29 is 19.4 Å². The minimum atomic E-state index is -0.753. The number of anilines is 1. The third-order valence-electron chi connectivity index (χ3n) is 6.46. The molecule has 1 aliphatic heterocycles. The normalized spacial score (nSPS) is 17.7. The fourth-order valence-electron chi connectivity index (χ4n) is 4.61. The predicted octanol–water partition coefficient (Wildman–Crippen LogP) is 6.24. The summed E-state index contributed by atoms with van der Waals surface area (Å²) >= 11 is 0. The molecular formula is C30H31NO4. The van der Waals surface area contributed by atoms with E-state index < -0.39 is 17.7 Å². The van der Waals surface area contributed by atoms with Gasteiger partial charge in [0, 0.05) is 16.8 Å². The molecule has 1 atom stereocenters. The minimum absolute atomic E-state index is 0.0760. The van der Waals surface area contributed by atoms with Gasteiger partial charge in [-0.3, -0.25) is 14.5 Å². The zero-order chi connectivity index (χ0) is 25.5. The average molecular weight is 470 g/mol. The summed E-state index contributed by atoms with van der Waals surface area (Å²) < 4.78 is 5.53. The van der Waals surface area contributed by atoms with Crippen LogP contribution < -0.4 is 9.64 Å². The van der Waals surface area contributed by atoms with Crippen LogP contribution in [0.15, 0.2) is 72.3 Å². The number of carbonyl (C=O) groups excluding carboxylic acids is 2. The number of aliphatic hydroxyl groups is 1. The molecule has 0 spiro atoms. The highest BCUT2D eigenvalue weighted by molar-refractivity contribution is 6.51. The van der Waals surface area contributed by atoms with Gasteiger partial charge in [-0.25, -0.2) is 0 Å². The third-order valence-corrected chi connectivity index (χ3v) is 6.46. The van der Waals surface area contributed by atoms with Crippen LogP contribution in [0.2, 0.25) is 0 Å². The Morgan fingerprint density at radius 2 is 1.63 bits per heavy atom. The lowest BCUT2D eigenvalue weighted by Crippen LogP contribution is -2.30. The van der Waals surface area contributed by atoms with E-state index in [0.717, 1.165) is 22.3 Å². The van der Waals surface area contributed by atoms with Crippen molar-refractivity contribution in [2.45, 2.75) is 46.1 Å². The Labute approximate surface area is 206 Å². The van der Waals surface area contributed by atoms with Crippen LogP contribution in [-0.4, -0.2) is 23.9 Å². The van der Waals surface area contributed by atoms with Crippen LogP contribution >= 0.6 is 0 Å². The van der Waals surface area contributed by atoms with Crippen LogP contribution in [0.3, 0.4) is 0 Å². The molecular weight excluding hydrogens is 438 g/mol. The Hall–Kier alpha value is -3.86. The fraction of sp³-hybridized carbons (Fsp3) is 0.267. The highest BCUT2D eigenvalue weighted by Crippen LogP contribution is 2.44. The van der Waals surface area contributed by atoms with E-state index >= 15 is 0 Å². The molecule has 180 valence electrons. The fourth-order valence-corrected chi connectivity index (χ4v) is 4.61. The summed E-state index contributed by atoms with van der Waals surface area (Å²) in [7, 11) is 1.61. The molecule has 0 bridgehead atoms. The van der Waals surface area contributed by atoms with Crippen molar-refractivity contribution in [3.8, 4) is 5.75 Å². The van der Waals surface area contributed by atoms with Crippen LogP contribution in [0.25, 0.3) is 5.76 Å². The van der Waals surface area contributed by atoms with Crippen LogP contribution in [0, 0.1) is 13.8 Å². The molecule has 35 heavy (non-hydrogen) atoms. The molecule has 1 aliphatic rings. The number of rotatable bonds is 4. The number of aryl methyl sites for hydroxylation is 2. The van der Waals surface area contributed by atoms with Crippen LogP contribution in [0.4, 0.5) is 5.69 Å². The van der Waals surface area contributed by atoms with Crippen molar-refractivity contribution in [2.75, 3.05) is 12.0 Å². The maximum atomic E-state index is 13.5. The van der Waals surface area contributed by atoms with Gasteiger partial charge in [-0.1, -0.05) is 63.2 Å². The molecule has 0 aromatic heterocycles. The van der Waals surface area contributed by atoms with Gasteiger partial charge in [-0.15, -0.1) is 0 Å². The number of ketones is 1. The van der Waals surface area contributed by atoms with Crippen molar-refractivity contribution >= 4 is 23.1 Å². The number of carbonyl (C=O) groups is 2. The molecule has 1 heterocycles. The predicted molar refractivity (Wildman–Crippen MR) is 139 cm³/mol. The van der Waals surface area contributed by atoms with E-state index in [1.165, 1.54) is 4.90 Å². The van der Waals surface area contributed by atoms with Crippen LogP contribution in [0.5, 0.6) is 5.75 Å². The summed E-state index contributed by atoms with van der Waals surface area (Å²) in [6.07, 6.45) is 0. The Balaban J connectivity index is 1.98. The monoisotopic (exact) mass is 469 g/mol. The number of aliphatic hydroxyl groups excluding tert-OH is 1. The Bertz CT molecular complexity index is 1330. The van der Waals surface area contributed by atoms with Crippen molar-refractivity contribution in [2.24, 2.45) is 0 Å². The molecule has 4 rings (SSSR count). The van der Waals surface area contributed by atoms with E-state index in [2.05, 4.69) is 20.8 Å². The highest BCUT2D eigenvalue weighted by Gasteiger charge is 2.47. The topological polar surface area (TPSA) is 66.8 Å². The molecule has 3 aromatic rings. The van der Waals surface area contributed by atoms with Gasteiger partial charge in [0.15, 0.2) is 0 Å². The number of nitrogens with zero attached hydrogens (tertiary/aromatic N) is 1. The van der Waals surface area contributed by atoms with Crippen molar-refractivity contribution in [3.63, 3.8) is 0 Å². The van der Waals surface area contributed by atoms with Crippen molar-refractivity contribution in [1.29, 1.82) is 0 Å². The average Bonchev–Trinajstić information content (AvgIpc) is 3.10. The smallest absolute Gasteiger partial charge is 0.300 e. The zero-order valence-electron chi connectivity index (χ0n) is 21.0. The number of ether oxygens (including phenoxy) is 1. The van der Waals surface area contributed by atoms with E-state index in [-0.39, 0.29) is 16.7 Å². The van der Waals surface area contributed by atoms with Gasteiger partial charge in [0.25, 0.3) is 11.7 Å². The molecule has 5 heteroatoms. The van der Waals surface area contributed by atoms with Crippen LogP contribution in [-0.2, 0) is 15.0 Å². The number of hydrogen-bond donors (Lipinski definition) is 1. The maximum Gasteiger partial charge on any atom is 0.300 e. The van der Waals surface area contributed by atoms with Crippen LogP contribution in [0.1, 0.15) is 54.6 Å². The molecule has 1 unspecified atom stereocenters. The van der Waals surface area contributed by atoms with E-state index in [4.69, 9.17) is 4.74 Å². The van der Waals surface area contributed by atoms with Gasteiger partial charge in [0.05, 0.1) is 18.7 Å². The molecule has 0 aliphatic carbocycles. The first-order valence-electron chi connectivity index (χ1n) is 11.7. The number of amides is 1. The number of Topliss-reactive ketones (excluding diaryl/α,β-unsaturated/α-hetero) is 1. The van der Waals surface area contributed by atoms with Gasteiger partial charge in [0.2, 0.25) is 0 Å². The van der Waals surface area contributed by atoms with Gasteiger partial charge < -0.3 is 9.84 Å². The van der Waals surface area contributed by atoms with Crippen molar-refractivity contribution in [1.82, 2.24) is 0 Å². The molecule has 1 saturated heterocycles. The maximum absolute atomic E-state index is 13.5. The molecule has 0 saturated carbocycles. The van der Waals surface area contributed by atoms with E-state index in [1.807, 2.05) is 68.4 Å².